The first-order valence-corrected chi connectivity index (χ1v) is 12.1. The molecule has 1 heterocycles. The fourth-order valence-corrected chi connectivity index (χ4v) is 4.40. The molecule has 0 aromatic heterocycles. The minimum Gasteiger partial charge on any atom is -0.486 e. The summed E-state index contributed by atoms with van der Waals surface area (Å²) in [6.07, 6.45) is 3.08. The molecule has 2 N–H and O–H groups in total. The number of ether oxygens (including phenoxy) is 2. The van der Waals surface area contributed by atoms with Crippen molar-refractivity contribution in [3.05, 3.63) is 48.0 Å². The Labute approximate surface area is 184 Å². The van der Waals surface area contributed by atoms with Crippen molar-refractivity contribution in [1.82, 2.24) is 5.32 Å². The van der Waals surface area contributed by atoms with E-state index in [0.29, 0.717) is 41.9 Å². The van der Waals surface area contributed by atoms with Crippen LogP contribution in [0, 0.1) is 5.92 Å². The molecule has 3 rings (SSSR count). The molecule has 0 fully saturated rings. The summed E-state index contributed by atoms with van der Waals surface area (Å²) in [5.41, 5.74) is 0.716. The molecule has 1 aliphatic heterocycles. The second-order valence-electron chi connectivity index (χ2n) is 8.19. The minimum absolute atomic E-state index is 0.0457. The Morgan fingerprint density at radius 2 is 1.74 bits per heavy atom. The Balaban J connectivity index is 1.66. The summed E-state index contributed by atoms with van der Waals surface area (Å²) in [5, 5.41) is 2.98. The van der Waals surface area contributed by atoms with E-state index >= 15 is 0 Å². The first-order valence-electron chi connectivity index (χ1n) is 10.6. The lowest BCUT2D eigenvalue weighted by Crippen LogP contribution is -2.32. The highest BCUT2D eigenvalue weighted by Crippen LogP contribution is 2.32. The van der Waals surface area contributed by atoms with Crippen LogP contribution in [0.4, 0.5) is 5.69 Å². The molecule has 7 nitrogen and oxygen atoms in total. The topological polar surface area (TPSA) is 93.7 Å². The lowest BCUT2D eigenvalue weighted by atomic mass is 10.0. The average molecular weight is 447 g/mol. The van der Waals surface area contributed by atoms with Crippen LogP contribution >= 0.6 is 0 Å². The van der Waals surface area contributed by atoms with Crippen molar-refractivity contribution in [1.29, 1.82) is 0 Å². The molecular weight excluding hydrogens is 416 g/mol. The predicted molar refractivity (Wildman–Crippen MR) is 120 cm³/mol. The van der Waals surface area contributed by atoms with Crippen LogP contribution in [0.5, 0.6) is 11.5 Å². The van der Waals surface area contributed by atoms with Gasteiger partial charge in [-0.1, -0.05) is 32.8 Å². The lowest BCUT2D eigenvalue weighted by molar-refractivity contribution is 0.0938. The maximum atomic E-state index is 12.8. The number of hydrogen-bond acceptors (Lipinski definition) is 5. The van der Waals surface area contributed by atoms with Gasteiger partial charge in [-0.25, -0.2) is 8.42 Å². The van der Waals surface area contributed by atoms with E-state index in [-0.39, 0.29) is 16.8 Å². The number of nitrogens with one attached hydrogen (secondary N) is 2. The van der Waals surface area contributed by atoms with Crippen molar-refractivity contribution in [3.63, 3.8) is 0 Å². The van der Waals surface area contributed by atoms with Gasteiger partial charge in [0.1, 0.15) is 13.2 Å². The van der Waals surface area contributed by atoms with Crippen LogP contribution in [0.15, 0.2) is 47.4 Å². The van der Waals surface area contributed by atoms with Gasteiger partial charge in [0.2, 0.25) is 0 Å². The van der Waals surface area contributed by atoms with E-state index in [9.17, 15) is 13.2 Å². The summed E-state index contributed by atoms with van der Waals surface area (Å²) in [6, 6.07) is 11.0. The van der Waals surface area contributed by atoms with Crippen molar-refractivity contribution < 1.29 is 22.7 Å². The third-order valence-corrected chi connectivity index (χ3v) is 6.38. The summed E-state index contributed by atoms with van der Waals surface area (Å²) in [4.78, 5) is 12.6. The van der Waals surface area contributed by atoms with Gasteiger partial charge < -0.3 is 14.8 Å². The number of amides is 1. The summed E-state index contributed by atoms with van der Waals surface area (Å²) in [7, 11) is -3.85. The van der Waals surface area contributed by atoms with Gasteiger partial charge >= 0.3 is 0 Å². The first kappa shape index (κ1) is 22.9. The largest absolute Gasteiger partial charge is 0.486 e. The average Bonchev–Trinajstić information content (AvgIpc) is 2.73. The van der Waals surface area contributed by atoms with E-state index in [1.54, 1.807) is 24.3 Å². The first-order chi connectivity index (χ1) is 14.7. The van der Waals surface area contributed by atoms with Crippen molar-refractivity contribution in [2.24, 2.45) is 5.92 Å². The van der Waals surface area contributed by atoms with Gasteiger partial charge in [0.05, 0.1) is 4.90 Å². The molecule has 1 atom stereocenters. The number of carbonyl (C=O) groups excluding carboxylic acids is 1. The van der Waals surface area contributed by atoms with Crippen molar-refractivity contribution in [2.75, 3.05) is 17.9 Å². The highest BCUT2D eigenvalue weighted by atomic mass is 32.2. The summed E-state index contributed by atoms with van der Waals surface area (Å²) in [5.74, 6) is 1.33. The molecule has 0 saturated heterocycles. The van der Waals surface area contributed by atoms with Crippen LogP contribution in [0.2, 0.25) is 0 Å². The van der Waals surface area contributed by atoms with E-state index in [2.05, 4.69) is 23.9 Å². The van der Waals surface area contributed by atoms with Crippen LogP contribution in [0.25, 0.3) is 0 Å². The molecule has 0 radical (unpaired) electrons. The molecule has 0 bridgehead atoms. The maximum absolute atomic E-state index is 12.8. The predicted octanol–water partition coefficient (Wildman–Crippen LogP) is 4.20. The quantitative estimate of drug-likeness (QED) is 0.602. The second kappa shape index (κ2) is 10.0. The number of sulfonamides is 1. The van der Waals surface area contributed by atoms with E-state index in [4.69, 9.17) is 9.47 Å². The van der Waals surface area contributed by atoms with Gasteiger partial charge in [0.15, 0.2) is 11.5 Å². The number of hydrogen-bond donors (Lipinski definition) is 2. The Hall–Kier alpha value is -2.74. The fourth-order valence-electron chi connectivity index (χ4n) is 3.34. The van der Waals surface area contributed by atoms with Crippen LogP contribution < -0.4 is 19.5 Å². The summed E-state index contributed by atoms with van der Waals surface area (Å²) in [6.45, 7) is 7.15. The van der Waals surface area contributed by atoms with Gasteiger partial charge in [-0.2, -0.15) is 0 Å². The number of anilines is 1. The molecule has 31 heavy (non-hydrogen) atoms. The Kier molecular flexibility index (Phi) is 7.43. The van der Waals surface area contributed by atoms with Crippen molar-refractivity contribution >= 4 is 21.6 Å². The lowest BCUT2D eigenvalue weighted by Gasteiger charge is -2.19. The highest BCUT2D eigenvalue weighted by molar-refractivity contribution is 7.92. The number of carbonyl (C=O) groups is 1. The Morgan fingerprint density at radius 3 is 2.48 bits per heavy atom. The van der Waals surface area contributed by atoms with Gasteiger partial charge in [0, 0.05) is 23.4 Å². The summed E-state index contributed by atoms with van der Waals surface area (Å²) < 4.78 is 39.1. The molecule has 0 aliphatic carbocycles. The minimum atomic E-state index is -3.85. The van der Waals surface area contributed by atoms with Gasteiger partial charge in [-0.15, -0.1) is 0 Å². The number of rotatable bonds is 9. The maximum Gasteiger partial charge on any atom is 0.262 e. The second-order valence-corrected chi connectivity index (χ2v) is 9.87. The molecule has 0 unspecified atom stereocenters. The zero-order valence-electron chi connectivity index (χ0n) is 18.2. The standard InChI is InChI=1S/C23H30N2O5S/c1-16(2)6-4-7-17(3)24-23(26)18-8-5-9-19(14-18)25-31(27,28)20-10-11-21-22(15-20)30-13-12-29-21/h5,8-11,14-17,25H,4,6-7,12-13H2,1-3H3,(H,24,26)/t17-/m1/s1. The molecular formula is C23H30N2O5S. The zero-order valence-corrected chi connectivity index (χ0v) is 19.0. The zero-order chi connectivity index (χ0) is 22.4. The molecule has 168 valence electrons. The van der Waals surface area contributed by atoms with Crippen LogP contribution in [0.1, 0.15) is 50.4 Å². The van der Waals surface area contributed by atoms with Crippen LogP contribution in [-0.4, -0.2) is 33.6 Å². The van der Waals surface area contributed by atoms with Gasteiger partial charge in [-0.05, 0) is 49.6 Å². The molecule has 8 heteroatoms. The monoisotopic (exact) mass is 446 g/mol. The summed E-state index contributed by atoms with van der Waals surface area (Å²) >= 11 is 0. The third kappa shape index (κ3) is 6.37. The molecule has 0 spiro atoms. The molecule has 1 aliphatic rings. The van der Waals surface area contributed by atoms with E-state index < -0.39 is 10.0 Å². The number of fused-ring (bicyclic) bond motifs is 1. The van der Waals surface area contributed by atoms with Crippen molar-refractivity contribution in [2.45, 2.75) is 51.0 Å². The molecule has 1 amide bonds. The smallest absolute Gasteiger partial charge is 0.262 e. The van der Waals surface area contributed by atoms with Gasteiger partial charge in [0.25, 0.3) is 15.9 Å². The van der Waals surface area contributed by atoms with E-state index in [1.165, 1.54) is 18.2 Å². The van der Waals surface area contributed by atoms with Gasteiger partial charge in [-0.3, -0.25) is 9.52 Å². The molecule has 2 aromatic carbocycles. The Bertz CT molecular complexity index is 1020. The van der Waals surface area contributed by atoms with Crippen molar-refractivity contribution in [3.8, 4) is 11.5 Å². The third-order valence-electron chi connectivity index (χ3n) is 5.00. The fraction of sp³-hybridized carbons (Fsp3) is 0.435. The van der Waals surface area contributed by atoms with E-state index in [0.717, 1.165) is 19.3 Å². The normalized spacial score (nSPS) is 14.2. The molecule has 2 aromatic rings. The Morgan fingerprint density at radius 1 is 1.00 bits per heavy atom. The molecule has 0 saturated carbocycles. The number of benzene rings is 2. The van der Waals surface area contributed by atoms with Crippen LogP contribution in [-0.2, 0) is 10.0 Å². The highest BCUT2D eigenvalue weighted by Gasteiger charge is 2.20. The van der Waals surface area contributed by atoms with E-state index in [1.807, 2.05) is 6.92 Å². The van der Waals surface area contributed by atoms with Crippen LogP contribution in [0.3, 0.4) is 0 Å². The SMILES string of the molecule is CC(C)CCC[C@@H](C)NC(=O)c1cccc(NS(=O)(=O)c2ccc3c(c2)OCCO3)c1.